The minimum atomic E-state index is -0.853. The van der Waals surface area contributed by atoms with Crippen LogP contribution in [0.15, 0.2) is 48.5 Å². The third-order valence-corrected chi connectivity index (χ3v) is 12.1. The monoisotopic (exact) mass is 676 g/mol. The van der Waals surface area contributed by atoms with Gasteiger partial charge in [0.2, 0.25) is 0 Å². The van der Waals surface area contributed by atoms with E-state index < -0.39 is 23.3 Å². The fourth-order valence-corrected chi connectivity index (χ4v) is 8.92. The maximum Gasteiger partial charge on any atom is 0.166 e. The first-order valence-electron chi connectivity index (χ1n) is 20.0. The second kappa shape index (κ2) is 19.1. The first-order valence-corrected chi connectivity index (χ1v) is 20.0. The molecular formula is C45H60F4. The standard InChI is InChI=1S/C45H60F4/c1-3-5-7-9-11-13-15-38-28-29-39(43(47)42(38)46)36-24-26-37(27-25-36)41-31-30-40(44(48)45(41)49)35-22-20-34(21-23-35)33-18-16-32(17-19-33)14-12-10-8-6-4-2/h24-35H,3-23H2,1-2H3. The zero-order valence-electron chi connectivity index (χ0n) is 30.3. The van der Waals surface area contributed by atoms with Crippen molar-refractivity contribution in [2.24, 2.45) is 17.8 Å². The summed E-state index contributed by atoms with van der Waals surface area (Å²) in [6.07, 6.45) is 24.8. The Balaban J connectivity index is 1.13. The highest BCUT2D eigenvalue weighted by Gasteiger charge is 2.32. The molecule has 0 aromatic heterocycles. The molecule has 0 heterocycles. The van der Waals surface area contributed by atoms with Crippen molar-refractivity contribution in [3.8, 4) is 22.3 Å². The summed E-state index contributed by atoms with van der Waals surface area (Å²) in [5.41, 5.74) is 2.32. The Kier molecular flexibility index (Phi) is 14.7. The molecule has 0 N–H and O–H groups in total. The normalized spacial score (nSPS) is 21.3. The van der Waals surface area contributed by atoms with Crippen LogP contribution in [0.25, 0.3) is 22.3 Å². The van der Waals surface area contributed by atoms with Gasteiger partial charge in [-0.05, 0) is 97.3 Å². The van der Waals surface area contributed by atoms with E-state index in [9.17, 15) is 4.39 Å². The first kappa shape index (κ1) is 37.6. The summed E-state index contributed by atoms with van der Waals surface area (Å²) in [6, 6.07) is 13.4. The van der Waals surface area contributed by atoms with Gasteiger partial charge < -0.3 is 0 Å². The minimum absolute atomic E-state index is 0.0588. The van der Waals surface area contributed by atoms with Crippen molar-refractivity contribution >= 4 is 0 Å². The lowest BCUT2D eigenvalue weighted by atomic mass is 9.68. The van der Waals surface area contributed by atoms with Crippen molar-refractivity contribution in [2.45, 2.75) is 155 Å². The molecule has 0 radical (unpaired) electrons. The van der Waals surface area contributed by atoms with Gasteiger partial charge in [0.1, 0.15) is 0 Å². The van der Waals surface area contributed by atoms with Crippen LogP contribution in [0.5, 0.6) is 0 Å². The van der Waals surface area contributed by atoms with Crippen molar-refractivity contribution in [1.82, 2.24) is 0 Å². The van der Waals surface area contributed by atoms with E-state index in [-0.39, 0.29) is 17.0 Å². The minimum Gasteiger partial charge on any atom is -0.203 e. The summed E-state index contributed by atoms with van der Waals surface area (Å²) >= 11 is 0. The highest BCUT2D eigenvalue weighted by Crippen LogP contribution is 2.45. The van der Waals surface area contributed by atoms with Crippen LogP contribution in [0.4, 0.5) is 17.6 Å². The van der Waals surface area contributed by atoms with E-state index in [0.29, 0.717) is 28.7 Å². The maximum atomic E-state index is 15.6. The molecule has 268 valence electrons. The van der Waals surface area contributed by atoms with Gasteiger partial charge in [-0.25, -0.2) is 17.6 Å². The van der Waals surface area contributed by atoms with Crippen LogP contribution < -0.4 is 0 Å². The Morgan fingerprint density at radius 1 is 0.469 bits per heavy atom. The quantitative estimate of drug-likeness (QED) is 0.0986. The lowest BCUT2D eigenvalue weighted by Gasteiger charge is -2.38. The van der Waals surface area contributed by atoms with Gasteiger partial charge in [0.15, 0.2) is 23.3 Å². The zero-order valence-corrected chi connectivity index (χ0v) is 30.3. The Morgan fingerprint density at radius 3 is 1.55 bits per heavy atom. The predicted octanol–water partition coefficient (Wildman–Crippen LogP) is 14.9. The van der Waals surface area contributed by atoms with Crippen LogP contribution in [0.2, 0.25) is 0 Å². The Labute approximate surface area is 294 Å². The largest absolute Gasteiger partial charge is 0.203 e. The van der Waals surface area contributed by atoms with Gasteiger partial charge in [0.25, 0.3) is 0 Å². The second-order valence-electron chi connectivity index (χ2n) is 15.4. The van der Waals surface area contributed by atoms with Crippen molar-refractivity contribution < 1.29 is 17.6 Å². The molecule has 0 spiro atoms. The van der Waals surface area contributed by atoms with E-state index in [2.05, 4.69) is 13.8 Å². The third kappa shape index (κ3) is 10.0. The van der Waals surface area contributed by atoms with Gasteiger partial charge in [-0.2, -0.15) is 0 Å². The average molecular weight is 677 g/mol. The molecule has 2 fully saturated rings. The molecule has 0 aliphatic heterocycles. The topological polar surface area (TPSA) is 0 Å². The Hall–Kier alpha value is -2.62. The number of hydrogen-bond acceptors (Lipinski definition) is 0. The van der Waals surface area contributed by atoms with Crippen molar-refractivity contribution in [2.75, 3.05) is 0 Å². The highest BCUT2D eigenvalue weighted by molar-refractivity contribution is 5.71. The number of halogens is 4. The molecule has 0 saturated heterocycles. The van der Waals surface area contributed by atoms with E-state index in [1.54, 1.807) is 48.5 Å². The van der Waals surface area contributed by atoms with Gasteiger partial charge >= 0.3 is 0 Å². The van der Waals surface area contributed by atoms with Gasteiger partial charge in [-0.1, -0.05) is 146 Å². The molecule has 2 aliphatic rings. The zero-order chi connectivity index (χ0) is 34.6. The number of rotatable bonds is 17. The molecule has 49 heavy (non-hydrogen) atoms. The number of benzene rings is 3. The van der Waals surface area contributed by atoms with E-state index in [4.69, 9.17) is 0 Å². The molecule has 2 aliphatic carbocycles. The Morgan fingerprint density at radius 2 is 0.959 bits per heavy atom. The van der Waals surface area contributed by atoms with Crippen LogP contribution in [-0.2, 0) is 6.42 Å². The van der Waals surface area contributed by atoms with E-state index in [1.165, 1.54) is 83.5 Å². The SMILES string of the molecule is CCCCCCCCc1ccc(-c2ccc(-c3ccc(C4CCC(C5CCC(CCCCCCC)CC5)CC4)c(F)c3F)cc2)c(F)c1F. The van der Waals surface area contributed by atoms with Gasteiger partial charge in [-0.3, -0.25) is 0 Å². The lowest BCUT2D eigenvalue weighted by Crippen LogP contribution is -2.25. The van der Waals surface area contributed by atoms with Crippen molar-refractivity contribution in [3.05, 3.63) is 82.9 Å². The molecule has 0 atom stereocenters. The van der Waals surface area contributed by atoms with Crippen molar-refractivity contribution in [1.29, 1.82) is 0 Å². The predicted molar refractivity (Wildman–Crippen MR) is 198 cm³/mol. The van der Waals surface area contributed by atoms with Crippen LogP contribution in [0, 0.1) is 41.0 Å². The fourth-order valence-electron chi connectivity index (χ4n) is 8.92. The number of aryl methyl sites for hydroxylation is 1. The molecule has 3 aromatic rings. The summed E-state index contributed by atoms with van der Waals surface area (Å²) in [7, 11) is 0. The lowest BCUT2D eigenvalue weighted by molar-refractivity contribution is 0.155. The van der Waals surface area contributed by atoms with Crippen LogP contribution in [0.1, 0.15) is 159 Å². The van der Waals surface area contributed by atoms with Gasteiger partial charge in [-0.15, -0.1) is 0 Å². The molecule has 0 bridgehead atoms. The van der Waals surface area contributed by atoms with Gasteiger partial charge in [0, 0.05) is 11.1 Å². The molecule has 3 aromatic carbocycles. The molecular weight excluding hydrogens is 616 g/mol. The highest BCUT2D eigenvalue weighted by atomic mass is 19.2. The molecule has 5 rings (SSSR count). The number of unbranched alkanes of at least 4 members (excludes halogenated alkanes) is 9. The summed E-state index contributed by atoms with van der Waals surface area (Å²) in [6.45, 7) is 4.45. The van der Waals surface area contributed by atoms with E-state index >= 15 is 13.2 Å². The average Bonchev–Trinajstić information content (AvgIpc) is 3.13. The van der Waals surface area contributed by atoms with Crippen LogP contribution >= 0.6 is 0 Å². The van der Waals surface area contributed by atoms with Crippen LogP contribution in [0.3, 0.4) is 0 Å². The summed E-state index contributed by atoms with van der Waals surface area (Å²) < 4.78 is 61.2. The van der Waals surface area contributed by atoms with Gasteiger partial charge in [0.05, 0.1) is 0 Å². The second-order valence-corrected chi connectivity index (χ2v) is 15.4. The van der Waals surface area contributed by atoms with E-state index in [0.717, 1.165) is 62.7 Å². The van der Waals surface area contributed by atoms with E-state index in [1.807, 2.05) is 0 Å². The summed E-state index contributed by atoms with van der Waals surface area (Å²) in [5, 5.41) is 0. The summed E-state index contributed by atoms with van der Waals surface area (Å²) in [4.78, 5) is 0. The third-order valence-electron chi connectivity index (χ3n) is 12.1. The molecule has 2 saturated carbocycles. The number of hydrogen-bond donors (Lipinski definition) is 0. The van der Waals surface area contributed by atoms with Crippen molar-refractivity contribution in [3.63, 3.8) is 0 Å². The molecule has 4 heteroatoms. The van der Waals surface area contributed by atoms with Crippen LogP contribution in [-0.4, -0.2) is 0 Å². The smallest absolute Gasteiger partial charge is 0.166 e. The Bertz CT molecular complexity index is 1430. The molecule has 0 amide bonds. The molecule has 0 unspecified atom stereocenters. The summed E-state index contributed by atoms with van der Waals surface area (Å²) in [5.74, 6) is -0.702. The fraction of sp³-hybridized carbons (Fsp3) is 0.600. The molecule has 0 nitrogen and oxygen atoms in total. The maximum absolute atomic E-state index is 15.6. The first-order chi connectivity index (χ1) is 23.9.